The number of carbonyl (C=O) groups excluding carboxylic acids is 1. The van der Waals surface area contributed by atoms with Crippen LogP contribution in [0.3, 0.4) is 0 Å². The highest BCUT2D eigenvalue weighted by molar-refractivity contribution is 6.30. The van der Waals surface area contributed by atoms with Crippen molar-refractivity contribution in [2.75, 3.05) is 51.4 Å². The third kappa shape index (κ3) is 4.62. The Kier molecular flexibility index (Phi) is 6.25. The molecule has 1 aromatic heterocycles. The molecule has 0 bridgehead atoms. The first-order chi connectivity index (χ1) is 12.7. The van der Waals surface area contributed by atoms with Gasteiger partial charge in [-0.1, -0.05) is 17.7 Å². The fourth-order valence-electron chi connectivity index (χ4n) is 2.73. The van der Waals surface area contributed by atoms with Crippen molar-refractivity contribution >= 4 is 23.3 Å². The second-order valence-corrected chi connectivity index (χ2v) is 6.30. The van der Waals surface area contributed by atoms with Gasteiger partial charge in [-0.25, -0.2) is 0 Å². The number of hydrogen-bond donors (Lipinski definition) is 0. The lowest BCUT2D eigenvalue weighted by atomic mass is 10.2. The number of anilines is 1. The molecule has 0 aliphatic carbocycles. The van der Waals surface area contributed by atoms with Crippen molar-refractivity contribution in [1.82, 2.24) is 15.1 Å². The van der Waals surface area contributed by atoms with Gasteiger partial charge in [0.2, 0.25) is 5.88 Å². The van der Waals surface area contributed by atoms with Gasteiger partial charge in [-0.3, -0.25) is 4.79 Å². The Labute approximate surface area is 157 Å². The zero-order chi connectivity index (χ0) is 18.4. The van der Waals surface area contributed by atoms with Crippen LogP contribution in [0.1, 0.15) is 10.4 Å². The molecule has 0 saturated carbocycles. The third-order valence-corrected chi connectivity index (χ3v) is 4.36. The second kappa shape index (κ2) is 8.82. The van der Waals surface area contributed by atoms with E-state index >= 15 is 0 Å². The molecule has 3 rings (SSSR count). The van der Waals surface area contributed by atoms with Gasteiger partial charge in [-0.15, -0.1) is 10.2 Å². The second-order valence-electron chi connectivity index (χ2n) is 5.86. The van der Waals surface area contributed by atoms with E-state index in [0.29, 0.717) is 55.9 Å². The highest BCUT2D eigenvalue weighted by Gasteiger charge is 2.23. The minimum absolute atomic E-state index is 0.000116. The van der Waals surface area contributed by atoms with Crippen molar-refractivity contribution < 1.29 is 14.3 Å². The smallest absolute Gasteiger partial charge is 0.254 e. The quantitative estimate of drug-likeness (QED) is 0.719. The molecule has 1 saturated heterocycles. The molecular formula is C18H21ClN4O3. The molecule has 2 aromatic rings. The number of halogens is 1. The van der Waals surface area contributed by atoms with Crippen LogP contribution in [0.2, 0.25) is 5.02 Å². The Hall–Kier alpha value is -2.38. The molecule has 1 fully saturated rings. The van der Waals surface area contributed by atoms with Crippen molar-refractivity contribution in [3.8, 4) is 5.88 Å². The topological polar surface area (TPSA) is 67.8 Å². The normalized spacial score (nSPS) is 14.4. The molecule has 0 radical (unpaired) electrons. The van der Waals surface area contributed by atoms with Gasteiger partial charge in [0.05, 0.1) is 6.61 Å². The van der Waals surface area contributed by atoms with Crippen LogP contribution in [-0.4, -0.2) is 67.5 Å². The van der Waals surface area contributed by atoms with E-state index in [2.05, 4.69) is 15.1 Å². The summed E-state index contributed by atoms with van der Waals surface area (Å²) in [5.74, 6) is 1.25. The summed E-state index contributed by atoms with van der Waals surface area (Å²) in [6, 6.07) is 10.7. The molecule has 1 aliphatic heterocycles. The lowest BCUT2D eigenvalue weighted by Gasteiger charge is -2.35. The summed E-state index contributed by atoms with van der Waals surface area (Å²) in [5, 5.41) is 8.85. The Morgan fingerprint density at radius 2 is 1.92 bits per heavy atom. The fraction of sp³-hybridized carbons (Fsp3) is 0.389. The molecule has 1 aliphatic rings. The van der Waals surface area contributed by atoms with Crippen molar-refractivity contribution in [1.29, 1.82) is 0 Å². The largest absolute Gasteiger partial charge is 0.474 e. The molecule has 26 heavy (non-hydrogen) atoms. The summed E-state index contributed by atoms with van der Waals surface area (Å²) >= 11 is 5.97. The average molecular weight is 377 g/mol. The molecule has 1 aromatic carbocycles. The van der Waals surface area contributed by atoms with Gasteiger partial charge in [0.1, 0.15) is 6.61 Å². The fourth-order valence-corrected chi connectivity index (χ4v) is 2.92. The Balaban J connectivity index is 1.54. The minimum atomic E-state index is 0.000116. The summed E-state index contributed by atoms with van der Waals surface area (Å²) in [5.41, 5.74) is 0.614. The van der Waals surface area contributed by atoms with Gasteiger partial charge in [0.25, 0.3) is 5.91 Å². The van der Waals surface area contributed by atoms with Gasteiger partial charge in [-0.2, -0.15) is 0 Å². The lowest BCUT2D eigenvalue weighted by molar-refractivity contribution is 0.0746. The summed E-state index contributed by atoms with van der Waals surface area (Å²) in [6.07, 6.45) is 0. The lowest BCUT2D eigenvalue weighted by Crippen LogP contribution is -2.49. The van der Waals surface area contributed by atoms with Crippen molar-refractivity contribution in [3.63, 3.8) is 0 Å². The van der Waals surface area contributed by atoms with E-state index in [1.807, 2.05) is 11.0 Å². The van der Waals surface area contributed by atoms with E-state index in [0.717, 1.165) is 5.82 Å². The predicted molar refractivity (Wildman–Crippen MR) is 99.0 cm³/mol. The minimum Gasteiger partial charge on any atom is -0.474 e. The van der Waals surface area contributed by atoms with E-state index in [-0.39, 0.29) is 5.91 Å². The van der Waals surface area contributed by atoms with Gasteiger partial charge < -0.3 is 19.3 Å². The summed E-state index contributed by atoms with van der Waals surface area (Å²) < 4.78 is 10.3. The Morgan fingerprint density at radius 3 is 2.58 bits per heavy atom. The van der Waals surface area contributed by atoms with Gasteiger partial charge >= 0.3 is 0 Å². The van der Waals surface area contributed by atoms with E-state index < -0.39 is 0 Å². The first kappa shape index (κ1) is 18.4. The molecule has 0 N–H and O–H groups in total. The van der Waals surface area contributed by atoms with Crippen LogP contribution in [-0.2, 0) is 4.74 Å². The number of amides is 1. The maximum atomic E-state index is 12.6. The number of benzene rings is 1. The SMILES string of the molecule is COCCOc1ccc(N2CCN(C(=O)c3cccc(Cl)c3)CC2)nn1. The number of ether oxygens (including phenoxy) is 2. The van der Waals surface area contributed by atoms with Gasteiger partial charge in [0.15, 0.2) is 5.82 Å². The molecule has 7 nitrogen and oxygen atoms in total. The number of aromatic nitrogens is 2. The van der Waals surface area contributed by atoms with Crippen molar-refractivity contribution in [3.05, 3.63) is 47.0 Å². The highest BCUT2D eigenvalue weighted by atomic mass is 35.5. The maximum Gasteiger partial charge on any atom is 0.254 e. The molecule has 8 heteroatoms. The number of carbonyl (C=O) groups is 1. The molecule has 0 spiro atoms. The first-order valence-corrected chi connectivity index (χ1v) is 8.80. The molecule has 138 valence electrons. The number of rotatable bonds is 6. The van der Waals surface area contributed by atoms with Crippen LogP contribution < -0.4 is 9.64 Å². The molecule has 2 heterocycles. The van der Waals surface area contributed by atoms with Crippen molar-refractivity contribution in [2.45, 2.75) is 0 Å². The van der Waals surface area contributed by atoms with Crippen LogP contribution in [0.25, 0.3) is 0 Å². The molecule has 0 atom stereocenters. The average Bonchev–Trinajstić information content (AvgIpc) is 2.68. The van der Waals surface area contributed by atoms with Gasteiger partial charge in [-0.05, 0) is 24.3 Å². The van der Waals surface area contributed by atoms with E-state index in [1.54, 1.807) is 37.4 Å². The Morgan fingerprint density at radius 1 is 1.12 bits per heavy atom. The van der Waals surface area contributed by atoms with Crippen LogP contribution in [0.5, 0.6) is 5.88 Å². The van der Waals surface area contributed by atoms with Crippen LogP contribution in [0, 0.1) is 0 Å². The standard InChI is InChI=1S/C18H21ClN4O3/c1-25-11-12-26-17-6-5-16(20-21-17)22-7-9-23(10-8-22)18(24)14-3-2-4-15(19)13-14/h2-6,13H,7-12H2,1H3. The number of hydrogen-bond acceptors (Lipinski definition) is 6. The number of piperazine rings is 1. The summed E-state index contributed by atoms with van der Waals surface area (Å²) in [7, 11) is 1.62. The maximum absolute atomic E-state index is 12.6. The molecule has 0 unspecified atom stereocenters. The zero-order valence-electron chi connectivity index (χ0n) is 14.6. The molecular weight excluding hydrogens is 356 g/mol. The van der Waals surface area contributed by atoms with Crippen LogP contribution >= 0.6 is 11.6 Å². The van der Waals surface area contributed by atoms with Gasteiger partial charge in [0, 0.05) is 49.9 Å². The highest BCUT2D eigenvalue weighted by Crippen LogP contribution is 2.17. The van der Waals surface area contributed by atoms with Crippen LogP contribution in [0.15, 0.2) is 36.4 Å². The van der Waals surface area contributed by atoms with E-state index in [4.69, 9.17) is 21.1 Å². The zero-order valence-corrected chi connectivity index (χ0v) is 15.4. The van der Waals surface area contributed by atoms with E-state index in [9.17, 15) is 4.79 Å². The summed E-state index contributed by atoms with van der Waals surface area (Å²) in [6.45, 7) is 3.59. The summed E-state index contributed by atoms with van der Waals surface area (Å²) in [4.78, 5) is 16.5. The third-order valence-electron chi connectivity index (χ3n) is 4.13. The van der Waals surface area contributed by atoms with Crippen molar-refractivity contribution in [2.24, 2.45) is 0 Å². The number of nitrogens with zero attached hydrogens (tertiary/aromatic N) is 4. The monoisotopic (exact) mass is 376 g/mol. The molecule has 1 amide bonds. The van der Waals surface area contributed by atoms with E-state index in [1.165, 1.54) is 0 Å². The number of methoxy groups -OCH3 is 1. The Bertz CT molecular complexity index is 733. The van der Waals surface area contributed by atoms with Crippen LogP contribution in [0.4, 0.5) is 5.82 Å². The first-order valence-electron chi connectivity index (χ1n) is 8.42. The predicted octanol–water partition coefficient (Wildman–Crippen LogP) is 2.12.